The van der Waals surface area contributed by atoms with E-state index in [0.29, 0.717) is 18.1 Å². The lowest BCUT2D eigenvalue weighted by molar-refractivity contribution is 0.306. The van der Waals surface area contributed by atoms with Crippen LogP contribution < -0.4 is 14.2 Å². The molecular formula is C22H19NO3. The fourth-order valence-electron chi connectivity index (χ4n) is 3.14. The van der Waals surface area contributed by atoms with Gasteiger partial charge in [-0.05, 0) is 35.0 Å². The summed E-state index contributed by atoms with van der Waals surface area (Å²) in [4.78, 5) is 4.51. The summed E-state index contributed by atoms with van der Waals surface area (Å²) in [6.45, 7) is 0.376. The van der Waals surface area contributed by atoms with Crippen molar-refractivity contribution >= 4 is 21.5 Å². The van der Waals surface area contributed by atoms with Crippen molar-refractivity contribution in [1.82, 2.24) is 4.98 Å². The normalized spacial score (nSPS) is 10.8. The van der Waals surface area contributed by atoms with E-state index in [2.05, 4.69) is 23.2 Å². The van der Waals surface area contributed by atoms with Gasteiger partial charge in [0.15, 0.2) is 11.5 Å². The zero-order valence-electron chi connectivity index (χ0n) is 14.7. The van der Waals surface area contributed by atoms with Crippen LogP contribution >= 0.6 is 0 Å². The number of fused-ring (bicyclic) bond motifs is 2. The minimum absolute atomic E-state index is 0.376. The van der Waals surface area contributed by atoms with Gasteiger partial charge in [-0.15, -0.1) is 0 Å². The summed E-state index contributed by atoms with van der Waals surface area (Å²) >= 11 is 0. The molecular weight excluding hydrogens is 326 g/mol. The van der Waals surface area contributed by atoms with Gasteiger partial charge in [0, 0.05) is 17.0 Å². The minimum Gasteiger partial charge on any atom is -0.493 e. The summed E-state index contributed by atoms with van der Waals surface area (Å²) < 4.78 is 16.9. The molecule has 0 aliphatic carbocycles. The Morgan fingerprint density at radius 3 is 2.35 bits per heavy atom. The summed E-state index contributed by atoms with van der Waals surface area (Å²) in [5.74, 6) is 2.23. The summed E-state index contributed by atoms with van der Waals surface area (Å²) in [5.41, 5.74) is 0.858. The SMILES string of the molecule is COc1cc2ccnc(COc3cccc4ccccc34)c2cc1OC. The molecule has 0 N–H and O–H groups in total. The largest absolute Gasteiger partial charge is 0.493 e. The van der Waals surface area contributed by atoms with Crippen LogP contribution in [0.25, 0.3) is 21.5 Å². The minimum atomic E-state index is 0.376. The predicted molar refractivity (Wildman–Crippen MR) is 103 cm³/mol. The Morgan fingerprint density at radius 1 is 0.731 bits per heavy atom. The molecule has 0 spiro atoms. The highest BCUT2D eigenvalue weighted by atomic mass is 16.5. The lowest BCUT2D eigenvalue weighted by Crippen LogP contribution is -2.00. The molecule has 0 fully saturated rings. The van der Waals surface area contributed by atoms with Crippen LogP contribution in [0, 0.1) is 0 Å². The Balaban J connectivity index is 1.71. The first-order chi connectivity index (χ1) is 12.8. The second-order valence-electron chi connectivity index (χ2n) is 5.95. The molecule has 0 saturated heterocycles. The molecule has 0 radical (unpaired) electrons. The molecule has 0 unspecified atom stereocenters. The van der Waals surface area contributed by atoms with Crippen LogP contribution in [0.15, 0.2) is 66.9 Å². The number of pyridine rings is 1. The van der Waals surface area contributed by atoms with Gasteiger partial charge in [0.1, 0.15) is 12.4 Å². The molecule has 4 heteroatoms. The van der Waals surface area contributed by atoms with E-state index < -0.39 is 0 Å². The van der Waals surface area contributed by atoms with Crippen LogP contribution in [0.3, 0.4) is 0 Å². The third-order valence-electron chi connectivity index (χ3n) is 4.47. The fraction of sp³-hybridized carbons (Fsp3) is 0.136. The predicted octanol–water partition coefficient (Wildman–Crippen LogP) is 4.98. The van der Waals surface area contributed by atoms with Crippen molar-refractivity contribution in [1.29, 1.82) is 0 Å². The number of hydrogen-bond donors (Lipinski definition) is 0. The van der Waals surface area contributed by atoms with Gasteiger partial charge in [0.25, 0.3) is 0 Å². The van der Waals surface area contributed by atoms with Gasteiger partial charge in [-0.25, -0.2) is 0 Å². The van der Waals surface area contributed by atoms with Crippen LogP contribution in [-0.4, -0.2) is 19.2 Å². The number of aromatic nitrogens is 1. The Morgan fingerprint density at radius 2 is 1.50 bits per heavy atom. The monoisotopic (exact) mass is 345 g/mol. The second kappa shape index (κ2) is 6.92. The van der Waals surface area contributed by atoms with Crippen LogP contribution in [0.1, 0.15) is 5.69 Å². The maximum atomic E-state index is 6.11. The third kappa shape index (κ3) is 2.90. The number of nitrogens with zero attached hydrogens (tertiary/aromatic N) is 1. The smallest absolute Gasteiger partial charge is 0.161 e. The maximum absolute atomic E-state index is 6.11. The first-order valence-electron chi connectivity index (χ1n) is 8.40. The van der Waals surface area contributed by atoms with Crippen molar-refractivity contribution in [3.05, 3.63) is 72.6 Å². The van der Waals surface area contributed by atoms with E-state index >= 15 is 0 Å². The zero-order valence-corrected chi connectivity index (χ0v) is 14.7. The average Bonchev–Trinajstić information content (AvgIpc) is 2.71. The second-order valence-corrected chi connectivity index (χ2v) is 5.95. The standard InChI is InChI=1S/C22H19NO3/c1-24-21-12-16-10-11-23-19(18(16)13-22(21)25-2)14-26-20-9-5-7-15-6-3-4-8-17(15)20/h3-13H,14H2,1-2H3. The highest BCUT2D eigenvalue weighted by Gasteiger charge is 2.11. The molecule has 0 amide bonds. The zero-order chi connectivity index (χ0) is 17.9. The Labute approximate surface area is 152 Å². The van der Waals surface area contributed by atoms with Gasteiger partial charge < -0.3 is 14.2 Å². The number of ether oxygens (including phenoxy) is 3. The molecule has 1 heterocycles. The molecule has 0 aliphatic rings. The van der Waals surface area contributed by atoms with E-state index in [-0.39, 0.29) is 0 Å². The van der Waals surface area contributed by atoms with Crippen molar-refractivity contribution in [2.45, 2.75) is 6.61 Å². The van der Waals surface area contributed by atoms with Crippen molar-refractivity contribution in [3.63, 3.8) is 0 Å². The molecule has 4 nitrogen and oxygen atoms in total. The molecule has 3 aromatic carbocycles. The number of methoxy groups -OCH3 is 2. The maximum Gasteiger partial charge on any atom is 0.161 e. The van der Waals surface area contributed by atoms with E-state index in [1.165, 1.54) is 0 Å². The fourth-order valence-corrected chi connectivity index (χ4v) is 3.14. The molecule has 26 heavy (non-hydrogen) atoms. The Hall–Kier alpha value is -3.27. The number of rotatable bonds is 5. The van der Waals surface area contributed by atoms with Crippen molar-refractivity contribution in [2.75, 3.05) is 14.2 Å². The summed E-state index contributed by atoms with van der Waals surface area (Å²) in [5, 5.41) is 4.27. The molecule has 4 rings (SSSR count). The van der Waals surface area contributed by atoms with Crippen LogP contribution in [0.4, 0.5) is 0 Å². The van der Waals surface area contributed by atoms with Crippen LogP contribution in [0.5, 0.6) is 17.2 Å². The molecule has 0 atom stereocenters. The van der Waals surface area contributed by atoms with E-state index in [1.54, 1.807) is 20.4 Å². The van der Waals surface area contributed by atoms with Crippen molar-refractivity contribution in [3.8, 4) is 17.2 Å². The topological polar surface area (TPSA) is 40.6 Å². The van der Waals surface area contributed by atoms with E-state index in [0.717, 1.165) is 33.0 Å². The Kier molecular flexibility index (Phi) is 4.32. The summed E-state index contributed by atoms with van der Waals surface area (Å²) in [6.07, 6.45) is 1.79. The van der Waals surface area contributed by atoms with E-state index in [9.17, 15) is 0 Å². The van der Waals surface area contributed by atoms with Gasteiger partial charge in [0.05, 0.1) is 19.9 Å². The average molecular weight is 345 g/mol. The molecule has 1 aromatic heterocycles. The van der Waals surface area contributed by atoms with Crippen molar-refractivity contribution < 1.29 is 14.2 Å². The lowest BCUT2D eigenvalue weighted by Gasteiger charge is -2.13. The quantitative estimate of drug-likeness (QED) is 0.511. The highest BCUT2D eigenvalue weighted by Crippen LogP contribution is 2.33. The third-order valence-corrected chi connectivity index (χ3v) is 4.47. The number of hydrogen-bond acceptors (Lipinski definition) is 4. The van der Waals surface area contributed by atoms with Gasteiger partial charge in [-0.3, -0.25) is 4.98 Å². The van der Waals surface area contributed by atoms with Crippen LogP contribution in [0.2, 0.25) is 0 Å². The summed E-state index contributed by atoms with van der Waals surface area (Å²) in [7, 11) is 3.27. The first-order valence-corrected chi connectivity index (χ1v) is 8.40. The van der Waals surface area contributed by atoms with Gasteiger partial charge in [0.2, 0.25) is 0 Å². The van der Waals surface area contributed by atoms with Gasteiger partial charge in [-0.2, -0.15) is 0 Å². The highest BCUT2D eigenvalue weighted by molar-refractivity contribution is 5.89. The lowest BCUT2D eigenvalue weighted by atomic mass is 10.1. The molecule has 0 bridgehead atoms. The first kappa shape index (κ1) is 16.2. The van der Waals surface area contributed by atoms with E-state index in [1.807, 2.05) is 42.5 Å². The van der Waals surface area contributed by atoms with E-state index in [4.69, 9.17) is 14.2 Å². The Bertz CT molecular complexity index is 1070. The molecule has 0 saturated carbocycles. The van der Waals surface area contributed by atoms with Crippen molar-refractivity contribution in [2.24, 2.45) is 0 Å². The summed E-state index contributed by atoms with van der Waals surface area (Å²) in [6, 6.07) is 20.1. The van der Waals surface area contributed by atoms with Gasteiger partial charge >= 0.3 is 0 Å². The molecule has 130 valence electrons. The number of benzene rings is 3. The van der Waals surface area contributed by atoms with Gasteiger partial charge in [-0.1, -0.05) is 36.4 Å². The molecule has 4 aromatic rings. The van der Waals surface area contributed by atoms with Crippen LogP contribution in [-0.2, 0) is 6.61 Å². The molecule has 0 aliphatic heterocycles.